The summed E-state index contributed by atoms with van der Waals surface area (Å²) in [5.41, 5.74) is 2.96. The Morgan fingerprint density at radius 2 is 2.08 bits per heavy atom. The standard InChI is InChI=1S/C18H22N4O2/c1-14-4-2-5-15(12-14)13-20-18(23)21-16-6-3-7-19-17(16)22-8-10-24-11-9-22/h2-7,12H,8-11,13H2,1H3,(H2,20,21,23). The molecule has 0 bridgehead atoms. The first-order valence-electron chi connectivity index (χ1n) is 8.10. The number of urea groups is 1. The van der Waals surface area contributed by atoms with Gasteiger partial charge in [0.15, 0.2) is 5.82 Å². The molecule has 1 saturated heterocycles. The van der Waals surface area contributed by atoms with Crippen LogP contribution in [0.5, 0.6) is 0 Å². The van der Waals surface area contributed by atoms with Gasteiger partial charge in [0.2, 0.25) is 0 Å². The summed E-state index contributed by atoms with van der Waals surface area (Å²) in [6.07, 6.45) is 1.74. The molecule has 3 rings (SSSR count). The minimum atomic E-state index is -0.237. The monoisotopic (exact) mass is 326 g/mol. The van der Waals surface area contributed by atoms with E-state index in [4.69, 9.17) is 4.74 Å². The van der Waals surface area contributed by atoms with Gasteiger partial charge in [0.1, 0.15) is 0 Å². The van der Waals surface area contributed by atoms with Gasteiger partial charge in [-0.2, -0.15) is 0 Å². The molecule has 1 aromatic heterocycles. The number of amides is 2. The molecule has 1 aromatic carbocycles. The molecule has 2 N–H and O–H groups in total. The zero-order valence-electron chi connectivity index (χ0n) is 13.8. The third-order valence-electron chi connectivity index (χ3n) is 3.88. The van der Waals surface area contributed by atoms with E-state index in [9.17, 15) is 4.79 Å². The number of pyridine rings is 1. The molecule has 2 amide bonds. The van der Waals surface area contributed by atoms with Crippen LogP contribution in [-0.4, -0.2) is 37.3 Å². The van der Waals surface area contributed by atoms with Crippen LogP contribution in [0.15, 0.2) is 42.6 Å². The number of anilines is 2. The molecular weight excluding hydrogens is 304 g/mol. The molecule has 1 fully saturated rings. The zero-order valence-corrected chi connectivity index (χ0v) is 13.8. The summed E-state index contributed by atoms with van der Waals surface area (Å²) in [4.78, 5) is 18.8. The van der Waals surface area contributed by atoms with Gasteiger partial charge >= 0.3 is 6.03 Å². The van der Waals surface area contributed by atoms with Crippen LogP contribution in [0, 0.1) is 6.92 Å². The Morgan fingerprint density at radius 1 is 1.25 bits per heavy atom. The molecule has 0 atom stereocenters. The lowest BCUT2D eigenvalue weighted by Crippen LogP contribution is -2.38. The minimum absolute atomic E-state index is 0.237. The predicted molar refractivity (Wildman–Crippen MR) is 94.3 cm³/mol. The molecule has 1 aliphatic heterocycles. The van der Waals surface area contributed by atoms with E-state index in [0.29, 0.717) is 25.4 Å². The Bertz CT molecular complexity index is 699. The second kappa shape index (κ2) is 7.79. The molecule has 6 heteroatoms. The van der Waals surface area contributed by atoms with Crippen LogP contribution in [0.4, 0.5) is 16.3 Å². The quantitative estimate of drug-likeness (QED) is 0.906. The highest BCUT2D eigenvalue weighted by Crippen LogP contribution is 2.23. The van der Waals surface area contributed by atoms with Crippen molar-refractivity contribution in [3.8, 4) is 0 Å². The summed E-state index contributed by atoms with van der Waals surface area (Å²) in [7, 11) is 0. The summed E-state index contributed by atoms with van der Waals surface area (Å²) >= 11 is 0. The summed E-state index contributed by atoms with van der Waals surface area (Å²) in [6.45, 7) is 5.42. The van der Waals surface area contributed by atoms with Crippen LogP contribution in [0.3, 0.4) is 0 Å². The molecule has 0 radical (unpaired) electrons. The number of aryl methyl sites for hydroxylation is 1. The molecular formula is C18H22N4O2. The van der Waals surface area contributed by atoms with Crippen LogP contribution < -0.4 is 15.5 Å². The van der Waals surface area contributed by atoms with E-state index < -0.39 is 0 Å². The highest BCUT2D eigenvalue weighted by Gasteiger charge is 2.16. The molecule has 0 saturated carbocycles. The van der Waals surface area contributed by atoms with E-state index in [0.717, 1.165) is 24.5 Å². The van der Waals surface area contributed by atoms with Crippen molar-refractivity contribution in [3.05, 3.63) is 53.7 Å². The maximum absolute atomic E-state index is 12.2. The Hall–Kier alpha value is -2.60. The molecule has 2 heterocycles. The van der Waals surface area contributed by atoms with Gasteiger partial charge in [0, 0.05) is 25.8 Å². The Balaban J connectivity index is 1.62. The molecule has 0 spiro atoms. The first-order valence-corrected chi connectivity index (χ1v) is 8.10. The Morgan fingerprint density at radius 3 is 2.88 bits per heavy atom. The predicted octanol–water partition coefficient (Wildman–Crippen LogP) is 2.55. The van der Waals surface area contributed by atoms with Crippen LogP contribution >= 0.6 is 0 Å². The minimum Gasteiger partial charge on any atom is -0.378 e. The Labute approximate surface area is 141 Å². The average Bonchev–Trinajstić information content (AvgIpc) is 2.61. The number of carbonyl (C=O) groups excluding carboxylic acids is 1. The fraction of sp³-hybridized carbons (Fsp3) is 0.333. The number of nitrogens with one attached hydrogen (secondary N) is 2. The molecule has 24 heavy (non-hydrogen) atoms. The number of benzene rings is 1. The van der Waals surface area contributed by atoms with E-state index in [2.05, 4.69) is 26.6 Å². The van der Waals surface area contributed by atoms with Gasteiger partial charge in [0.05, 0.1) is 18.9 Å². The molecule has 2 aromatic rings. The number of hydrogen-bond donors (Lipinski definition) is 2. The van der Waals surface area contributed by atoms with Crippen molar-refractivity contribution in [3.63, 3.8) is 0 Å². The number of carbonyl (C=O) groups is 1. The molecule has 1 aliphatic rings. The highest BCUT2D eigenvalue weighted by atomic mass is 16.5. The smallest absolute Gasteiger partial charge is 0.319 e. The maximum Gasteiger partial charge on any atom is 0.319 e. The topological polar surface area (TPSA) is 66.5 Å². The van der Waals surface area contributed by atoms with Gasteiger partial charge in [0.25, 0.3) is 0 Å². The summed E-state index contributed by atoms with van der Waals surface area (Å²) in [5, 5.41) is 5.78. The summed E-state index contributed by atoms with van der Waals surface area (Å²) in [6, 6.07) is 11.5. The third kappa shape index (κ3) is 4.23. The van der Waals surface area contributed by atoms with Crippen molar-refractivity contribution < 1.29 is 9.53 Å². The fourth-order valence-electron chi connectivity index (χ4n) is 2.69. The zero-order chi connectivity index (χ0) is 16.8. The summed E-state index contributed by atoms with van der Waals surface area (Å²) < 4.78 is 5.37. The lowest BCUT2D eigenvalue weighted by Gasteiger charge is -2.29. The lowest BCUT2D eigenvalue weighted by molar-refractivity contribution is 0.122. The number of hydrogen-bond acceptors (Lipinski definition) is 4. The number of rotatable bonds is 4. The number of morpholine rings is 1. The van der Waals surface area contributed by atoms with Crippen LogP contribution in [0.25, 0.3) is 0 Å². The van der Waals surface area contributed by atoms with E-state index in [1.165, 1.54) is 5.56 Å². The second-order valence-corrected chi connectivity index (χ2v) is 5.77. The first-order chi connectivity index (χ1) is 11.7. The van der Waals surface area contributed by atoms with Crippen LogP contribution in [0.2, 0.25) is 0 Å². The van der Waals surface area contributed by atoms with Gasteiger partial charge in [-0.1, -0.05) is 29.8 Å². The third-order valence-corrected chi connectivity index (χ3v) is 3.88. The normalized spacial score (nSPS) is 14.3. The van der Waals surface area contributed by atoms with E-state index in [1.807, 2.05) is 37.3 Å². The highest BCUT2D eigenvalue weighted by molar-refractivity contribution is 5.92. The van der Waals surface area contributed by atoms with E-state index in [-0.39, 0.29) is 6.03 Å². The van der Waals surface area contributed by atoms with Crippen molar-refractivity contribution in [1.82, 2.24) is 10.3 Å². The SMILES string of the molecule is Cc1cccc(CNC(=O)Nc2cccnc2N2CCOCC2)c1. The number of aromatic nitrogens is 1. The van der Waals surface area contributed by atoms with Gasteiger partial charge in [-0.3, -0.25) is 0 Å². The number of nitrogens with zero attached hydrogens (tertiary/aromatic N) is 2. The maximum atomic E-state index is 12.2. The van der Waals surface area contributed by atoms with Crippen molar-refractivity contribution in [2.24, 2.45) is 0 Å². The van der Waals surface area contributed by atoms with Gasteiger partial charge in [-0.25, -0.2) is 9.78 Å². The lowest BCUT2D eigenvalue weighted by atomic mass is 10.1. The molecule has 0 unspecified atom stereocenters. The largest absolute Gasteiger partial charge is 0.378 e. The first kappa shape index (κ1) is 16.3. The van der Waals surface area contributed by atoms with Gasteiger partial charge in [-0.05, 0) is 24.6 Å². The van der Waals surface area contributed by atoms with Crippen molar-refractivity contribution in [2.45, 2.75) is 13.5 Å². The molecule has 0 aliphatic carbocycles. The van der Waals surface area contributed by atoms with E-state index >= 15 is 0 Å². The average molecular weight is 326 g/mol. The number of ether oxygens (including phenoxy) is 1. The summed E-state index contributed by atoms with van der Waals surface area (Å²) in [5.74, 6) is 0.784. The van der Waals surface area contributed by atoms with Gasteiger partial charge < -0.3 is 20.3 Å². The van der Waals surface area contributed by atoms with Crippen molar-refractivity contribution in [1.29, 1.82) is 0 Å². The molecule has 6 nitrogen and oxygen atoms in total. The van der Waals surface area contributed by atoms with Crippen LogP contribution in [0.1, 0.15) is 11.1 Å². The van der Waals surface area contributed by atoms with Crippen molar-refractivity contribution >= 4 is 17.5 Å². The Kier molecular flexibility index (Phi) is 5.28. The van der Waals surface area contributed by atoms with E-state index in [1.54, 1.807) is 6.20 Å². The molecule has 126 valence electrons. The fourth-order valence-corrected chi connectivity index (χ4v) is 2.69. The van der Waals surface area contributed by atoms with Gasteiger partial charge in [-0.15, -0.1) is 0 Å². The van der Waals surface area contributed by atoms with Crippen LogP contribution in [-0.2, 0) is 11.3 Å². The van der Waals surface area contributed by atoms with Crippen molar-refractivity contribution in [2.75, 3.05) is 36.5 Å². The second-order valence-electron chi connectivity index (χ2n) is 5.77.